The second kappa shape index (κ2) is 9.27. The van der Waals surface area contributed by atoms with Crippen molar-refractivity contribution in [3.8, 4) is 11.3 Å². The summed E-state index contributed by atoms with van der Waals surface area (Å²) in [6, 6.07) is 6.25. The van der Waals surface area contributed by atoms with E-state index in [0.717, 1.165) is 60.3 Å². The predicted octanol–water partition coefficient (Wildman–Crippen LogP) is 3.51. The van der Waals surface area contributed by atoms with Crippen molar-refractivity contribution >= 4 is 28.3 Å². The molecule has 34 heavy (non-hydrogen) atoms. The van der Waals surface area contributed by atoms with Gasteiger partial charge in [-0.1, -0.05) is 6.92 Å². The molecule has 2 fully saturated rings. The number of aromatic nitrogens is 3. The highest BCUT2D eigenvalue weighted by molar-refractivity contribution is 5.98. The van der Waals surface area contributed by atoms with Crippen LogP contribution in [-0.2, 0) is 9.53 Å². The van der Waals surface area contributed by atoms with Crippen LogP contribution in [0.3, 0.4) is 0 Å². The number of nitrogen functional groups attached to an aromatic ring is 1. The number of nitrogens with zero attached hydrogens (tertiary/aromatic N) is 4. The standard InChI is InChI=1S/C26H32N6O2/c1-15-4-5-28-13-20(15)22-11-18-12-23(29-14-21(18)25(27)30-22)31-26(33)24-17(3)19(24)10-16(2)32-6-8-34-9-7-32/h4-5,11-14,16-17,19,24H,6-10H2,1-3H3,(H2,27,30)(H,29,31,33)/t16?,17-,19+,24+/m1/s1. The number of ether oxygens (including phenoxy) is 1. The molecule has 3 aromatic rings. The lowest BCUT2D eigenvalue weighted by Crippen LogP contribution is -2.42. The fourth-order valence-electron chi connectivity index (χ4n) is 5.22. The number of nitrogens with one attached hydrogen (secondary N) is 1. The van der Waals surface area contributed by atoms with E-state index in [9.17, 15) is 4.79 Å². The van der Waals surface area contributed by atoms with Crippen LogP contribution in [-0.4, -0.2) is 58.1 Å². The molecule has 8 heteroatoms. The van der Waals surface area contributed by atoms with E-state index in [1.54, 1.807) is 18.6 Å². The van der Waals surface area contributed by atoms with E-state index in [1.165, 1.54) is 0 Å². The van der Waals surface area contributed by atoms with Crippen molar-refractivity contribution < 1.29 is 9.53 Å². The number of carbonyl (C=O) groups is 1. The predicted molar refractivity (Wildman–Crippen MR) is 133 cm³/mol. The van der Waals surface area contributed by atoms with Gasteiger partial charge in [-0.3, -0.25) is 14.7 Å². The van der Waals surface area contributed by atoms with Gasteiger partial charge in [0.25, 0.3) is 0 Å². The van der Waals surface area contributed by atoms with Gasteiger partial charge in [-0.05, 0) is 61.3 Å². The fraction of sp³-hybridized carbons (Fsp3) is 0.462. The number of carbonyl (C=O) groups excluding carboxylic acids is 1. The van der Waals surface area contributed by atoms with E-state index in [0.29, 0.717) is 29.5 Å². The summed E-state index contributed by atoms with van der Waals surface area (Å²) < 4.78 is 5.47. The average molecular weight is 461 g/mol. The molecule has 8 nitrogen and oxygen atoms in total. The maximum absolute atomic E-state index is 13.1. The summed E-state index contributed by atoms with van der Waals surface area (Å²) in [4.78, 5) is 28.7. The molecule has 1 aliphatic carbocycles. The number of amides is 1. The van der Waals surface area contributed by atoms with Crippen molar-refractivity contribution in [3.63, 3.8) is 0 Å². The molecule has 1 saturated carbocycles. The average Bonchev–Trinajstić information content (AvgIpc) is 3.48. The maximum Gasteiger partial charge on any atom is 0.229 e. The lowest BCUT2D eigenvalue weighted by atomic mass is 10.1. The summed E-state index contributed by atoms with van der Waals surface area (Å²) in [5, 5.41) is 4.69. The molecule has 1 unspecified atom stereocenters. The zero-order valence-corrected chi connectivity index (χ0v) is 20.0. The molecule has 0 bridgehead atoms. The third kappa shape index (κ3) is 4.48. The van der Waals surface area contributed by atoms with Crippen LogP contribution in [0.15, 0.2) is 36.8 Å². The van der Waals surface area contributed by atoms with E-state index in [-0.39, 0.29) is 11.8 Å². The molecule has 4 atom stereocenters. The number of hydrogen-bond acceptors (Lipinski definition) is 7. The largest absolute Gasteiger partial charge is 0.383 e. The number of nitrogens with two attached hydrogens (primary N) is 1. The van der Waals surface area contributed by atoms with Crippen LogP contribution in [0, 0.1) is 24.7 Å². The number of anilines is 2. The second-order valence-electron chi connectivity index (χ2n) is 9.65. The first-order valence-corrected chi connectivity index (χ1v) is 12.0. The quantitative estimate of drug-likeness (QED) is 0.580. The summed E-state index contributed by atoms with van der Waals surface area (Å²) in [5.41, 5.74) is 8.99. The molecule has 5 rings (SSSR count). The first-order chi connectivity index (χ1) is 16.4. The smallest absolute Gasteiger partial charge is 0.229 e. The minimum absolute atomic E-state index is 0.0251. The van der Waals surface area contributed by atoms with Crippen LogP contribution >= 0.6 is 0 Å². The summed E-state index contributed by atoms with van der Waals surface area (Å²) in [6.07, 6.45) is 6.26. The first-order valence-electron chi connectivity index (χ1n) is 12.0. The molecule has 178 valence electrons. The Hall–Kier alpha value is -3.10. The molecule has 1 amide bonds. The summed E-state index contributed by atoms with van der Waals surface area (Å²) in [7, 11) is 0. The Balaban J connectivity index is 1.30. The van der Waals surface area contributed by atoms with Crippen molar-refractivity contribution in [2.75, 3.05) is 37.4 Å². The first kappa shape index (κ1) is 22.7. The van der Waals surface area contributed by atoms with Gasteiger partial charge in [0.1, 0.15) is 11.6 Å². The molecule has 2 aliphatic rings. The highest BCUT2D eigenvalue weighted by Crippen LogP contribution is 2.49. The molecule has 3 N–H and O–H groups in total. The van der Waals surface area contributed by atoms with Gasteiger partial charge in [0.15, 0.2) is 0 Å². The van der Waals surface area contributed by atoms with Gasteiger partial charge >= 0.3 is 0 Å². The van der Waals surface area contributed by atoms with Crippen LogP contribution in [0.1, 0.15) is 25.8 Å². The number of morpholine rings is 1. The van der Waals surface area contributed by atoms with Gasteiger partial charge in [-0.25, -0.2) is 9.97 Å². The Labute approximate surface area is 199 Å². The monoisotopic (exact) mass is 460 g/mol. The molecule has 0 spiro atoms. The molecular weight excluding hydrogens is 428 g/mol. The van der Waals surface area contributed by atoms with E-state index in [4.69, 9.17) is 10.5 Å². The van der Waals surface area contributed by atoms with Crippen LogP contribution in [0.2, 0.25) is 0 Å². The maximum atomic E-state index is 13.1. The number of rotatable bonds is 6. The minimum Gasteiger partial charge on any atom is -0.383 e. The number of pyridine rings is 3. The minimum atomic E-state index is 0.0251. The van der Waals surface area contributed by atoms with Crippen molar-refractivity contribution in [2.45, 2.75) is 33.2 Å². The summed E-state index contributed by atoms with van der Waals surface area (Å²) >= 11 is 0. The Morgan fingerprint density at radius 2 is 2.09 bits per heavy atom. The highest BCUT2D eigenvalue weighted by Gasteiger charge is 2.52. The number of aryl methyl sites for hydroxylation is 1. The van der Waals surface area contributed by atoms with Crippen LogP contribution in [0.25, 0.3) is 22.0 Å². The number of fused-ring (bicyclic) bond motifs is 1. The summed E-state index contributed by atoms with van der Waals surface area (Å²) in [5.74, 6) is 1.80. The SMILES string of the molecule is Cc1ccncc1-c1cc2cc(NC(=O)[C@H]3[C@H](C)[C@@H]3CC(C)N3CCOCC3)ncc2c(N)n1. The molecule has 1 saturated heterocycles. The van der Waals surface area contributed by atoms with Crippen molar-refractivity contribution in [1.82, 2.24) is 19.9 Å². The Morgan fingerprint density at radius 1 is 1.29 bits per heavy atom. The molecule has 0 radical (unpaired) electrons. The van der Waals surface area contributed by atoms with Gasteiger partial charge in [0, 0.05) is 54.6 Å². The van der Waals surface area contributed by atoms with E-state index < -0.39 is 0 Å². The Bertz CT molecular complexity index is 1210. The van der Waals surface area contributed by atoms with Crippen LogP contribution in [0.4, 0.5) is 11.6 Å². The van der Waals surface area contributed by atoms with E-state index in [1.807, 2.05) is 25.1 Å². The Morgan fingerprint density at radius 3 is 2.85 bits per heavy atom. The van der Waals surface area contributed by atoms with Crippen molar-refractivity contribution in [2.24, 2.45) is 17.8 Å². The van der Waals surface area contributed by atoms with Crippen molar-refractivity contribution in [1.29, 1.82) is 0 Å². The lowest BCUT2D eigenvalue weighted by Gasteiger charge is -2.32. The van der Waals surface area contributed by atoms with Gasteiger partial charge < -0.3 is 15.8 Å². The van der Waals surface area contributed by atoms with Gasteiger partial charge in [-0.2, -0.15) is 0 Å². The van der Waals surface area contributed by atoms with Gasteiger partial charge in [-0.15, -0.1) is 0 Å². The lowest BCUT2D eigenvalue weighted by molar-refractivity contribution is -0.117. The molecule has 1 aliphatic heterocycles. The van der Waals surface area contributed by atoms with Gasteiger partial charge in [0.05, 0.1) is 18.9 Å². The normalized spacial score (nSPS) is 23.6. The van der Waals surface area contributed by atoms with Crippen molar-refractivity contribution in [3.05, 3.63) is 42.4 Å². The van der Waals surface area contributed by atoms with Crippen LogP contribution in [0.5, 0.6) is 0 Å². The molecule has 4 heterocycles. The zero-order chi connectivity index (χ0) is 23.8. The second-order valence-corrected chi connectivity index (χ2v) is 9.65. The third-order valence-electron chi connectivity index (χ3n) is 7.46. The highest BCUT2D eigenvalue weighted by atomic mass is 16.5. The van der Waals surface area contributed by atoms with Gasteiger partial charge in [0.2, 0.25) is 5.91 Å². The molecule has 3 aromatic heterocycles. The number of hydrogen-bond donors (Lipinski definition) is 2. The molecule has 0 aromatic carbocycles. The van der Waals surface area contributed by atoms with Crippen LogP contribution < -0.4 is 11.1 Å². The van der Waals surface area contributed by atoms with E-state index >= 15 is 0 Å². The molecular formula is C26H32N6O2. The van der Waals surface area contributed by atoms with E-state index in [2.05, 4.69) is 39.0 Å². The summed E-state index contributed by atoms with van der Waals surface area (Å²) in [6.45, 7) is 9.98. The Kier molecular flexibility index (Phi) is 6.18. The topological polar surface area (TPSA) is 106 Å². The fourth-order valence-corrected chi connectivity index (χ4v) is 5.22. The zero-order valence-electron chi connectivity index (χ0n) is 20.0. The third-order valence-corrected chi connectivity index (χ3v) is 7.46.